The molecule has 0 bridgehead atoms. The molecular weight excluding hydrogens is 384 g/mol. The van der Waals surface area contributed by atoms with Crippen LogP contribution in [0.15, 0.2) is 55.1 Å². The van der Waals surface area contributed by atoms with E-state index in [0.29, 0.717) is 0 Å². The quantitative estimate of drug-likeness (QED) is 0.235. The van der Waals surface area contributed by atoms with E-state index < -0.39 is 0 Å². The SMILES string of the molecule is C=Cc1cc2c(CCCC)c3cc4ccccc4cc3c(CCCC(C)C)c2cc1CC. The van der Waals surface area contributed by atoms with Gasteiger partial charge in [0.1, 0.15) is 0 Å². The largest absolute Gasteiger partial charge is 0.0985 e. The molecule has 0 aliphatic rings. The molecule has 4 rings (SSSR count). The van der Waals surface area contributed by atoms with Crippen molar-refractivity contribution in [2.24, 2.45) is 5.92 Å². The maximum absolute atomic E-state index is 4.13. The second-order valence-corrected chi connectivity index (χ2v) is 9.75. The van der Waals surface area contributed by atoms with Crippen LogP contribution < -0.4 is 0 Å². The van der Waals surface area contributed by atoms with Crippen LogP contribution >= 0.6 is 0 Å². The van der Waals surface area contributed by atoms with Crippen LogP contribution in [-0.4, -0.2) is 0 Å². The summed E-state index contributed by atoms with van der Waals surface area (Å²) in [4.78, 5) is 0. The molecule has 0 heterocycles. The van der Waals surface area contributed by atoms with Gasteiger partial charge in [0.2, 0.25) is 0 Å². The fourth-order valence-corrected chi connectivity index (χ4v) is 5.27. The highest BCUT2D eigenvalue weighted by molar-refractivity contribution is 6.11. The summed E-state index contributed by atoms with van der Waals surface area (Å²) in [5.74, 6) is 0.746. The molecule has 0 saturated heterocycles. The lowest BCUT2D eigenvalue weighted by molar-refractivity contribution is 0.557. The molecule has 0 atom stereocenters. The van der Waals surface area contributed by atoms with Crippen molar-refractivity contribution < 1.29 is 0 Å². The van der Waals surface area contributed by atoms with Crippen molar-refractivity contribution in [1.29, 1.82) is 0 Å². The van der Waals surface area contributed by atoms with Crippen LogP contribution in [0.5, 0.6) is 0 Å². The second-order valence-electron chi connectivity index (χ2n) is 9.75. The van der Waals surface area contributed by atoms with Gasteiger partial charge in [-0.05, 0) is 111 Å². The Bertz CT molecular complexity index is 1260. The zero-order chi connectivity index (χ0) is 22.7. The third kappa shape index (κ3) is 4.33. The van der Waals surface area contributed by atoms with Crippen LogP contribution in [0.3, 0.4) is 0 Å². The highest BCUT2D eigenvalue weighted by atomic mass is 14.2. The Labute approximate surface area is 194 Å². The Hall–Kier alpha value is -2.60. The van der Waals surface area contributed by atoms with Crippen LogP contribution in [0.2, 0.25) is 0 Å². The molecule has 0 fully saturated rings. The zero-order valence-electron chi connectivity index (χ0n) is 20.4. The van der Waals surface area contributed by atoms with Crippen molar-refractivity contribution in [3.8, 4) is 0 Å². The van der Waals surface area contributed by atoms with Gasteiger partial charge in [0, 0.05) is 0 Å². The molecule has 0 unspecified atom stereocenters. The van der Waals surface area contributed by atoms with Gasteiger partial charge in [0.15, 0.2) is 0 Å². The van der Waals surface area contributed by atoms with Crippen molar-refractivity contribution in [3.63, 3.8) is 0 Å². The lowest BCUT2D eigenvalue weighted by Crippen LogP contribution is -2.00. The van der Waals surface area contributed by atoms with Gasteiger partial charge in [-0.2, -0.15) is 0 Å². The Morgan fingerprint density at radius 2 is 1.34 bits per heavy atom. The molecular formula is C32H38. The first-order valence-electron chi connectivity index (χ1n) is 12.6. The van der Waals surface area contributed by atoms with Crippen molar-refractivity contribution in [3.05, 3.63) is 77.4 Å². The molecule has 0 nitrogen and oxygen atoms in total. The van der Waals surface area contributed by atoms with Crippen LogP contribution in [0.4, 0.5) is 0 Å². The average molecular weight is 423 g/mol. The van der Waals surface area contributed by atoms with Crippen molar-refractivity contribution >= 4 is 38.4 Å². The lowest BCUT2D eigenvalue weighted by atomic mass is 9.84. The highest BCUT2D eigenvalue weighted by Gasteiger charge is 2.16. The van der Waals surface area contributed by atoms with E-state index in [1.807, 2.05) is 6.08 Å². The Morgan fingerprint density at radius 3 is 1.88 bits per heavy atom. The first kappa shape index (κ1) is 22.6. The Morgan fingerprint density at radius 1 is 0.781 bits per heavy atom. The van der Waals surface area contributed by atoms with Crippen LogP contribution in [0.1, 0.15) is 75.6 Å². The molecule has 0 N–H and O–H groups in total. The molecule has 0 saturated carbocycles. The number of aryl methyl sites for hydroxylation is 3. The van der Waals surface area contributed by atoms with Crippen LogP contribution in [-0.2, 0) is 19.3 Å². The highest BCUT2D eigenvalue weighted by Crippen LogP contribution is 2.39. The predicted octanol–water partition coefficient (Wildman–Crippen LogP) is 9.67. The van der Waals surface area contributed by atoms with Gasteiger partial charge >= 0.3 is 0 Å². The fourth-order valence-electron chi connectivity index (χ4n) is 5.27. The molecule has 0 radical (unpaired) electrons. The third-order valence-corrected chi connectivity index (χ3v) is 7.06. The predicted molar refractivity (Wildman–Crippen MR) is 145 cm³/mol. The number of hydrogen-bond acceptors (Lipinski definition) is 0. The molecule has 0 amide bonds. The minimum Gasteiger partial charge on any atom is -0.0985 e. The van der Waals surface area contributed by atoms with E-state index in [9.17, 15) is 0 Å². The summed E-state index contributed by atoms with van der Waals surface area (Å²) in [5.41, 5.74) is 5.79. The summed E-state index contributed by atoms with van der Waals surface area (Å²) >= 11 is 0. The number of rotatable bonds is 9. The summed E-state index contributed by atoms with van der Waals surface area (Å²) in [6.45, 7) is 13.4. The first-order chi connectivity index (χ1) is 15.6. The number of fused-ring (bicyclic) bond motifs is 3. The van der Waals surface area contributed by atoms with E-state index in [1.165, 1.54) is 74.7 Å². The van der Waals surface area contributed by atoms with E-state index in [2.05, 4.69) is 82.8 Å². The van der Waals surface area contributed by atoms with Gasteiger partial charge in [-0.15, -0.1) is 0 Å². The minimum absolute atomic E-state index is 0.746. The summed E-state index contributed by atoms with van der Waals surface area (Å²) in [6, 6.07) is 18.7. The van der Waals surface area contributed by atoms with Crippen molar-refractivity contribution in [2.45, 2.75) is 72.6 Å². The average Bonchev–Trinajstić information content (AvgIpc) is 2.81. The molecule has 0 heteroatoms. The third-order valence-electron chi connectivity index (χ3n) is 7.06. The molecule has 166 valence electrons. The van der Waals surface area contributed by atoms with Gasteiger partial charge in [0.25, 0.3) is 0 Å². The fraction of sp³-hybridized carbons (Fsp3) is 0.375. The Kier molecular flexibility index (Phi) is 6.99. The molecule has 0 aliphatic carbocycles. The maximum Gasteiger partial charge on any atom is -0.0136 e. The van der Waals surface area contributed by atoms with E-state index in [1.54, 1.807) is 5.56 Å². The summed E-state index contributed by atoms with van der Waals surface area (Å²) in [6.07, 6.45) is 10.3. The zero-order valence-corrected chi connectivity index (χ0v) is 20.4. The van der Waals surface area contributed by atoms with E-state index in [-0.39, 0.29) is 0 Å². The van der Waals surface area contributed by atoms with Crippen LogP contribution in [0, 0.1) is 5.92 Å². The van der Waals surface area contributed by atoms with Crippen molar-refractivity contribution in [2.75, 3.05) is 0 Å². The second kappa shape index (κ2) is 9.90. The molecule has 32 heavy (non-hydrogen) atoms. The van der Waals surface area contributed by atoms with Gasteiger partial charge in [0.05, 0.1) is 0 Å². The maximum atomic E-state index is 4.13. The van der Waals surface area contributed by atoms with E-state index in [4.69, 9.17) is 0 Å². The van der Waals surface area contributed by atoms with E-state index >= 15 is 0 Å². The number of unbranched alkanes of at least 4 members (excludes halogenated alkanes) is 1. The normalized spacial score (nSPS) is 11.8. The molecule has 0 aliphatic heterocycles. The number of hydrogen-bond donors (Lipinski definition) is 0. The molecule has 0 aromatic heterocycles. The topological polar surface area (TPSA) is 0 Å². The summed E-state index contributed by atoms with van der Waals surface area (Å²) < 4.78 is 0. The van der Waals surface area contributed by atoms with Crippen molar-refractivity contribution in [1.82, 2.24) is 0 Å². The first-order valence-corrected chi connectivity index (χ1v) is 12.6. The Balaban J connectivity index is 2.10. The molecule has 4 aromatic rings. The van der Waals surface area contributed by atoms with Gasteiger partial charge in [-0.25, -0.2) is 0 Å². The number of benzene rings is 4. The van der Waals surface area contributed by atoms with Crippen LogP contribution in [0.25, 0.3) is 38.4 Å². The molecule has 4 aromatic carbocycles. The lowest BCUT2D eigenvalue weighted by Gasteiger charge is -2.20. The smallest absolute Gasteiger partial charge is 0.0136 e. The minimum atomic E-state index is 0.746. The van der Waals surface area contributed by atoms with Gasteiger partial charge < -0.3 is 0 Å². The standard InChI is InChI=1S/C32H38/c1-6-9-16-27-29-18-23(7-2)24(8-3)19-30(29)28(17-12-13-22(4)5)32-21-26-15-11-10-14-25(26)20-31(27)32/h7,10-11,14-15,18-22H,2,6,8-9,12-13,16-17H2,1,3-5H3. The van der Waals surface area contributed by atoms with E-state index in [0.717, 1.165) is 25.2 Å². The van der Waals surface area contributed by atoms with Gasteiger partial charge in [-0.3, -0.25) is 0 Å². The summed E-state index contributed by atoms with van der Waals surface area (Å²) in [5, 5.41) is 8.56. The van der Waals surface area contributed by atoms with Gasteiger partial charge in [-0.1, -0.05) is 83.5 Å². The molecule has 0 spiro atoms. The monoisotopic (exact) mass is 422 g/mol. The summed E-state index contributed by atoms with van der Waals surface area (Å²) in [7, 11) is 0.